The zero-order valence-corrected chi connectivity index (χ0v) is 9.73. The van der Waals surface area contributed by atoms with Crippen LogP contribution < -0.4 is 0 Å². The first-order chi connectivity index (χ1) is 8.72. The first-order valence-corrected chi connectivity index (χ1v) is 5.27. The summed E-state index contributed by atoms with van der Waals surface area (Å²) >= 11 is 0. The number of rotatable bonds is 4. The van der Waals surface area contributed by atoms with Crippen molar-refractivity contribution in [1.29, 1.82) is 0 Å². The van der Waals surface area contributed by atoms with Gasteiger partial charge in [0.15, 0.2) is 0 Å². The van der Waals surface area contributed by atoms with E-state index in [4.69, 9.17) is 4.74 Å². The van der Waals surface area contributed by atoms with Crippen LogP contribution in [0.5, 0.6) is 0 Å². The van der Waals surface area contributed by atoms with Crippen molar-refractivity contribution in [2.75, 3.05) is 7.11 Å². The minimum atomic E-state index is -0.495. The molecule has 6 nitrogen and oxygen atoms in total. The van der Waals surface area contributed by atoms with Crippen LogP contribution in [0, 0.1) is 0 Å². The van der Waals surface area contributed by atoms with Crippen LogP contribution in [0.2, 0.25) is 0 Å². The number of ether oxygens (including phenoxy) is 2. The Bertz CT molecular complexity index is 542. The molecule has 0 aliphatic rings. The van der Waals surface area contributed by atoms with Crippen LogP contribution in [0.3, 0.4) is 0 Å². The molecule has 94 valence electrons. The zero-order valence-electron chi connectivity index (χ0n) is 9.73. The van der Waals surface area contributed by atoms with Gasteiger partial charge in [0.05, 0.1) is 7.11 Å². The summed E-state index contributed by atoms with van der Waals surface area (Å²) in [6, 6.07) is 4.97. The molecule has 0 aromatic carbocycles. The summed E-state index contributed by atoms with van der Waals surface area (Å²) in [6.07, 6.45) is 3.22. The number of methoxy groups -OCH3 is 1. The second-order valence-corrected chi connectivity index (χ2v) is 3.53. The van der Waals surface area contributed by atoms with Crippen molar-refractivity contribution in [3.8, 4) is 0 Å². The lowest BCUT2D eigenvalue weighted by Crippen LogP contribution is -2.09. The highest BCUT2D eigenvalue weighted by molar-refractivity contribution is 5.89. The fraction of sp³-hybridized carbons (Fsp3) is 0.167. The van der Waals surface area contributed by atoms with Crippen molar-refractivity contribution in [1.82, 2.24) is 9.97 Å². The molecule has 0 unspecified atom stereocenters. The Balaban J connectivity index is 2.01. The molecule has 6 heteroatoms. The van der Waals surface area contributed by atoms with Gasteiger partial charge in [-0.3, -0.25) is 0 Å². The van der Waals surface area contributed by atoms with Crippen LogP contribution in [0.1, 0.15) is 26.5 Å². The predicted octanol–water partition coefficient (Wildman–Crippen LogP) is 1.49. The molecular formula is C12H12N2O4. The lowest BCUT2D eigenvalue weighted by atomic mass is 10.2. The van der Waals surface area contributed by atoms with Gasteiger partial charge in [0.1, 0.15) is 18.0 Å². The van der Waals surface area contributed by atoms with Gasteiger partial charge < -0.3 is 19.4 Å². The fourth-order valence-electron chi connectivity index (χ4n) is 1.49. The number of carbonyl (C=O) groups excluding carboxylic acids is 2. The summed E-state index contributed by atoms with van der Waals surface area (Å²) < 4.78 is 9.67. The number of hydrogen-bond acceptors (Lipinski definition) is 4. The average Bonchev–Trinajstić information content (AvgIpc) is 3.05. The summed E-state index contributed by atoms with van der Waals surface area (Å²) in [4.78, 5) is 28.4. The van der Waals surface area contributed by atoms with Crippen molar-refractivity contribution in [2.45, 2.75) is 6.61 Å². The lowest BCUT2D eigenvalue weighted by Gasteiger charge is -2.04. The van der Waals surface area contributed by atoms with Gasteiger partial charge in [0.2, 0.25) is 0 Å². The van der Waals surface area contributed by atoms with E-state index in [1.54, 1.807) is 30.6 Å². The van der Waals surface area contributed by atoms with Gasteiger partial charge in [0, 0.05) is 18.0 Å². The molecule has 2 heterocycles. The maximum Gasteiger partial charge on any atom is 0.355 e. The maximum absolute atomic E-state index is 11.6. The highest BCUT2D eigenvalue weighted by Gasteiger charge is 2.15. The molecular weight excluding hydrogens is 236 g/mol. The largest absolute Gasteiger partial charge is 0.464 e. The third-order valence-electron chi connectivity index (χ3n) is 2.40. The van der Waals surface area contributed by atoms with E-state index in [0.717, 1.165) is 0 Å². The van der Waals surface area contributed by atoms with Crippen molar-refractivity contribution in [3.63, 3.8) is 0 Å². The molecule has 2 aromatic rings. The number of esters is 2. The van der Waals surface area contributed by atoms with Gasteiger partial charge in [-0.2, -0.15) is 0 Å². The molecule has 0 saturated carbocycles. The third kappa shape index (κ3) is 2.42. The van der Waals surface area contributed by atoms with E-state index in [0.29, 0.717) is 11.3 Å². The van der Waals surface area contributed by atoms with Crippen LogP contribution in [-0.2, 0) is 16.1 Å². The lowest BCUT2D eigenvalue weighted by molar-refractivity contribution is 0.0455. The standard InChI is InChI=1S/C12H12N2O4/c1-17-12(16)10-8(4-6-14-10)7-18-11(15)9-3-2-5-13-9/h2-6,13-14H,7H2,1H3. The predicted molar refractivity (Wildman–Crippen MR) is 62.0 cm³/mol. The highest BCUT2D eigenvalue weighted by atomic mass is 16.5. The molecule has 0 radical (unpaired) electrons. The van der Waals surface area contributed by atoms with Crippen LogP contribution in [0.15, 0.2) is 30.6 Å². The Labute approximate surface area is 103 Å². The topological polar surface area (TPSA) is 84.2 Å². The fourth-order valence-corrected chi connectivity index (χ4v) is 1.49. The summed E-state index contributed by atoms with van der Waals surface area (Å²) in [5, 5.41) is 0. The van der Waals surface area contributed by atoms with Crippen molar-refractivity contribution < 1.29 is 19.1 Å². The first kappa shape index (κ1) is 12.0. The third-order valence-corrected chi connectivity index (χ3v) is 2.40. The molecule has 0 fully saturated rings. The van der Waals surface area contributed by atoms with Gasteiger partial charge in [-0.25, -0.2) is 9.59 Å². The van der Waals surface area contributed by atoms with Crippen molar-refractivity contribution >= 4 is 11.9 Å². The Kier molecular flexibility index (Phi) is 3.47. The second kappa shape index (κ2) is 5.22. The summed E-state index contributed by atoms with van der Waals surface area (Å²) in [7, 11) is 1.29. The normalized spacial score (nSPS) is 10.1. The number of aromatic amines is 2. The van der Waals surface area contributed by atoms with Crippen LogP contribution in [0.25, 0.3) is 0 Å². The van der Waals surface area contributed by atoms with E-state index in [1.807, 2.05) is 0 Å². The Morgan fingerprint density at radius 2 is 2.00 bits per heavy atom. The summed E-state index contributed by atoms with van der Waals surface area (Å²) in [5.74, 6) is -0.970. The molecule has 0 amide bonds. The van der Waals surface area contributed by atoms with Gasteiger partial charge in [0.25, 0.3) is 0 Å². The Morgan fingerprint density at radius 3 is 2.67 bits per heavy atom. The van der Waals surface area contributed by atoms with E-state index >= 15 is 0 Å². The van der Waals surface area contributed by atoms with Gasteiger partial charge in [-0.1, -0.05) is 0 Å². The minimum Gasteiger partial charge on any atom is -0.464 e. The Hall–Kier alpha value is -2.50. The summed E-state index contributed by atoms with van der Waals surface area (Å²) in [5.41, 5.74) is 1.23. The van der Waals surface area contributed by atoms with Gasteiger partial charge in [-0.15, -0.1) is 0 Å². The van der Waals surface area contributed by atoms with Gasteiger partial charge in [-0.05, 0) is 18.2 Å². The zero-order chi connectivity index (χ0) is 13.0. The number of hydrogen-bond donors (Lipinski definition) is 2. The maximum atomic E-state index is 11.6. The average molecular weight is 248 g/mol. The molecule has 0 aliphatic heterocycles. The van der Waals surface area contributed by atoms with Crippen LogP contribution >= 0.6 is 0 Å². The molecule has 2 aromatic heterocycles. The molecule has 0 aliphatic carbocycles. The molecule has 2 N–H and O–H groups in total. The molecule has 0 saturated heterocycles. The molecule has 18 heavy (non-hydrogen) atoms. The minimum absolute atomic E-state index is 0.00574. The van der Waals surface area contributed by atoms with Crippen LogP contribution in [0.4, 0.5) is 0 Å². The van der Waals surface area contributed by atoms with E-state index in [2.05, 4.69) is 14.7 Å². The van der Waals surface area contributed by atoms with E-state index in [9.17, 15) is 9.59 Å². The second-order valence-electron chi connectivity index (χ2n) is 3.53. The SMILES string of the molecule is COC(=O)c1[nH]ccc1COC(=O)c1ccc[nH]1. The number of nitrogens with one attached hydrogen (secondary N) is 2. The van der Waals surface area contributed by atoms with E-state index in [1.165, 1.54) is 7.11 Å². The number of aromatic nitrogens is 2. The smallest absolute Gasteiger partial charge is 0.355 e. The van der Waals surface area contributed by atoms with E-state index in [-0.39, 0.29) is 12.3 Å². The molecule has 0 atom stereocenters. The first-order valence-electron chi connectivity index (χ1n) is 5.27. The van der Waals surface area contributed by atoms with Crippen LogP contribution in [-0.4, -0.2) is 29.0 Å². The number of H-pyrrole nitrogens is 2. The van der Waals surface area contributed by atoms with E-state index < -0.39 is 11.9 Å². The monoisotopic (exact) mass is 248 g/mol. The van der Waals surface area contributed by atoms with Gasteiger partial charge >= 0.3 is 11.9 Å². The van der Waals surface area contributed by atoms with Crippen molar-refractivity contribution in [3.05, 3.63) is 47.5 Å². The molecule has 0 spiro atoms. The quantitative estimate of drug-likeness (QED) is 0.803. The Morgan fingerprint density at radius 1 is 1.17 bits per heavy atom. The highest BCUT2D eigenvalue weighted by Crippen LogP contribution is 2.10. The summed E-state index contributed by atoms with van der Waals surface area (Å²) in [6.45, 7) is 0.00574. The van der Waals surface area contributed by atoms with Crippen molar-refractivity contribution in [2.24, 2.45) is 0 Å². The number of carbonyl (C=O) groups is 2. The molecule has 2 rings (SSSR count). The molecule has 0 bridgehead atoms.